The zero-order valence-corrected chi connectivity index (χ0v) is 12.7. The first kappa shape index (κ1) is 14.4. The predicted molar refractivity (Wildman–Crippen MR) is 86.5 cm³/mol. The van der Waals surface area contributed by atoms with Crippen molar-refractivity contribution in [2.75, 3.05) is 18.4 Å². The molecule has 0 aromatic heterocycles. The van der Waals surface area contributed by atoms with Crippen molar-refractivity contribution < 1.29 is 4.79 Å². The number of rotatable bonds is 6. The van der Waals surface area contributed by atoms with Gasteiger partial charge in [-0.25, -0.2) is 0 Å². The highest BCUT2D eigenvalue weighted by Crippen LogP contribution is 2.33. The highest BCUT2D eigenvalue weighted by Gasteiger charge is 2.23. The molecule has 3 heteroatoms. The first-order valence-corrected chi connectivity index (χ1v) is 8.42. The molecule has 2 aliphatic rings. The summed E-state index contributed by atoms with van der Waals surface area (Å²) in [5.74, 6) is 1.45. The Kier molecular flexibility index (Phi) is 4.79. The van der Waals surface area contributed by atoms with Crippen molar-refractivity contribution in [1.29, 1.82) is 0 Å². The number of benzene rings is 1. The number of anilines is 1. The minimum atomic E-state index is 0.199. The molecular weight excluding hydrogens is 260 g/mol. The van der Waals surface area contributed by atoms with Crippen molar-refractivity contribution in [3.05, 3.63) is 29.8 Å². The number of para-hydroxylation sites is 1. The number of carbonyl (C=O) groups is 1. The van der Waals surface area contributed by atoms with Gasteiger partial charge in [0.2, 0.25) is 5.91 Å². The first-order valence-electron chi connectivity index (χ1n) is 8.42. The smallest absolute Gasteiger partial charge is 0.220 e. The average Bonchev–Trinajstić information content (AvgIpc) is 3.14. The van der Waals surface area contributed by atoms with Crippen LogP contribution in [0.1, 0.15) is 56.4 Å². The lowest BCUT2D eigenvalue weighted by Gasteiger charge is -2.12. The molecule has 1 saturated carbocycles. The van der Waals surface area contributed by atoms with Crippen molar-refractivity contribution >= 4 is 11.6 Å². The summed E-state index contributed by atoms with van der Waals surface area (Å²) in [7, 11) is 0. The van der Waals surface area contributed by atoms with Crippen molar-refractivity contribution in [3.8, 4) is 0 Å². The number of carbonyl (C=O) groups excluding carboxylic acids is 1. The third kappa shape index (κ3) is 3.78. The van der Waals surface area contributed by atoms with E-state index in [-0.39, 0.29) is 5.91 Å². The van der Waals surface area contributed by atoms with Gasteiger partial charge in [-0.2, -0.15) is 0 Å². The highest BCUT2D eigenvalue weighted by molar-refractivity contribution is 5.78. The Morgan fingerprint density at radius 2 is 2.05 bits per heavy atom. The van der Waals surface area contributed by atoms with Crippen LogP contribution < -0.4 is 10.6 Å². The summed E-state index contributed by atoms with van der Waals surface area (Å²) in [6.07, 6.45) is 8.64. The second-order valence-corrected chi connectivity index (χ2v) is 6.51. The minimum absolute atomic E-state index is 0.199. The molecule has 1 unspecified atom stereocenters. The van der Waals surface area contributed by atoms with E-state index in [1.165, 1.54) is 43.4 Å². The van der Waals surface area contributed by atoms with Gasteiger partial charge in [-0.1, -0.05) is 43.9 Å². The SMILES string of the molecule is O=C(CC1CNc2ccccc21)NCCCC1CCCC1. The van der Waals surface area contributed by atoms with Crippen LogP contribution in [0.3, 0.4) is 0 Å². The van der Waals surface area contributed by atoms with Gasteiger partial charge < -0.3 is 10.6 Å². The Morgan fingerprint density at radius 1 is 1.24 bits per heavy atom. The molecule has 1 atom stereocenters. The molecule has 0 saturated heterocycles. The van der Waals surface area contributed by atoms with Crippen LogP contribution >= 0.6 is 0 Å². The topological polar surface area (TPSA) is 41.1 Å². The Labute approximate surface area is 127 Å². The molecule has 2 N–H and O–H groups in total. The van der Waals surface area contributed by atoms with Gasteiger partial charge in [0.25, 0.3) is 0 Å². The summed E-state index contributed by atoms with van der Waals surface area (Å²) in [6, 6.07) is 8.32. The van der Waals surface area contributed by atoms with Gasteiger partial charge in [0, 0.05) is 31.1 Å². The first-order chi connectivity index (χ1) is 10.3. The number of nitrogens with one attached hydrogen (secondary N) is 2. The van der Waals surface area contributed by atoms with Crippen LogP contribution in [0, 0.1) is 5.92 Å². The van der Waals surface area contributed by atoms with Gasteiger partial charge in [0.15, 0.2) is 0 Å². The van der Waals surface area contributed by atoms with E-state index >= 15 is 0 Å². The summed E-state index contributed by atoms with van der Waals surface area (Å²) >= 11 is 0. The van der Waals surface area contributed by atoms with Crippen LogP contribution in [0.15, 0.2) is 24.3 Å². The predicted octanol–water partition coefficient (Wildman–Crippen LogP) is 3.67. The number of amides is 1. The third-order valence-corrected chi connectivity index (χ3v) is 4.96. The molecule has 0 radical (unpaired) electrons. The van der Waals surface area contributed by atoms with Crippen LogP contribution in [0.5, 0.6) is 0 Å². The highest BCUT2D eigenvalue weighted by atomic mass is 16.1. The van der Waals surface area contributed by atoms with Crippen LogP contribution in [0.25, 0.3) is 0 Å². The molecule has 3 rings (SSSR count). The Hall–Kier alpha value is -1.51. The van der Waals surface area contributed by atoms with E-state index in [2.05, 4.69) is 28.8 Å². The summed E-state index contributed by atoms with van der Waals surface area (Å²) in [4.78, 5) is 12.1. The molecule has 21 heavy (non-hydrogen) atoms. The molecule has 1 aromatic carbocycles. The molecule has 1 aliphatic heterocycles. The molecule has 1 amide bonds. The lowest BCUT2D eigenvalue weighted by molar-refractivity contribution is -0.121. The second-order valence-electron chi connectivity index (χ2n) is 6.51. The van der Waals surface area contributed by atoms with E-state index in [4.69, 9.17) is 0 Å². The maximum absolute atomic E-state index is 12.1. The van der Waals surface area contributed by atoms with Gasteiger partial charge >= 0.3 is 0 Å². The lowest BCUT2D eigenvalue weighted by Crippen LogP contribution is -2.26. The van der Waals surface area contributed by atoms with E-state index < -0.39 is 0 Å². The molecule has 1 aromatic rings. The number of fused-ring (bicyclic) bond motifs is 1. The number of hydrogen-bond donors (Lipinski definition) is 2. The fourth-order valence-electron chi connectivity index (χ4n) is 3.75. The van der Waals surface area contributed by atoms with Crippen LogP contribution in [-0.2, 0) is 4.79 Å². The van der Waals surface area contributed by atoms with E-state index in [9.17, 15) is 4.79 Å². The van der Waals surface area contributed by atoms with Gasteiger partial charge in [-0.05, 0) is 30.4 Å². The molecule has 1 fully saturated rings. The van der Waals surface area contributed by atoms with Crippen molar-refractivity contribution in [2.45, 2.75) is 50.9 Å². The molecule has 114 valence electrons. The average molecular weight is 286 g/mol. The third-order valence-electron chi connectivity index (χ3n) is 4.96. The zero-order valence-electron chi connectivity index (χ0n) is 12.7. The maximum Gasteiger partial charge on any atom is 0.220 e. The number of hydrogen-bond acceptors (Lipinski definition) is 2. The maximum atomic E-state index is 12.1. The van der Waals surface area contributed by atoms with Gasteiger partial charge in [0.1, 0.15) is 0 Å². The normalized spacial score (nSPS) is 21.0. The minimum Gasteiger partial charge on any atom is -0.384 e. The van der Waals surface area contributed by atoms with E-state index in [1.54, 1.807) is 0 Å². The van der Waals surface area contributed by atoms with Crippen LogP contribution in [0.4, 0.5) is 5.69 Å². The van der Waals surface area contributed by atoms with Crippen LogP contribution in [-0.4, -0.2) is 19.0 Å². The van der Waals surface area contributed by atoms with Gasteiger partial charge in [-0.3, -0.25) is 4.79 Å². The summed E-state index contributed by atoms with van der Waals surface area (Å²) in [5.41, 5.74) is 2.48. The Bertz CT molecular complexity index is 480. The van der Waals surface area contributed by atoms with Crippen molar-refractivity contribution in [2.24, 2.45) is 5.92 Å². The van der Waals surface area contributed by atoms with E-state index in [1.807, 2.05) is 6.07 Å². The van der Waals surface area contributed by atoms with Gasteiger partial charge in [0.05, 0.1) is 0 Å². The molecule has 0 spiro atoms. The van der Waals surface area contributed by atoms with E-state index in [0.29, 0.717) is 12.3 Å². The molecule has 0 bridgehead atoms. The lowest BCUT2D eigenvalue weighted by atomic mass is 9.97. The fraction of sp³-hybridized carbons (Fsp3) is 0.611. The largest absolute Gasteiger partial charge is 0.384 e. The molecule has 1 aliphatic carbocycles. The Balaban J connectivity index is 1.37. The summed E-state index contributed by atoms with van der Waals surface area (Å²) < 4.78 is 0. The van der Waals surface area contributed by atoms with Gasteiger partial charge in [-0.15, -0.1) is 0 Å². The molecule has 1 heterocycles. The van der Waals surface area contributed by atoms with Crippen molar-refractivity contribution in [1.82, 2.24) is 5.32 Å². The molecular formula is C18H26N2O. The van der Waals surface area contributed by atoms with E-state index in [0.717, 1.165) is 25.4 Å². The van der Waals surface area contributed by atoms with Crippen LogP contribution in [0.2, 0.25) is 0 Å². The summed E-state index contributed by atoms with van der Waals surface area (Å²) in [5, 5.41) is 6.48. The standard InChI is InChI=1S/C18H26N2O/c21-18(19-11-5-8-14-6-1-2-7-14)12-15-13-20-17-10-4-3-9-16(15)17/h3-4,9-10,14-15,20H,1-2,5-8,11-13H2,(H,19,21). The fourth-order valence-corrected chi connectivity index (χ4v) is 3.75. The second kappa shape index (κ2) is 6.97. The monoisotopic (exact) mass is 286 g/mol. The summed E-state index contributed by atoms with van der Waals surface area (Å²) in [6.45, 7) is 1.73. The zero-order chi connectivity index (χ0) is 14.5. The molecule has 3 nitrogen and oxygen atoms in total. The van der Waals surface area contributed by atoms with Crippen molar-refractivity contribution in [3.63, 3.8) is 0 Å². The Morgan fingerprint density at radius 3 is 2.90 bits per heavy atom. The quantitative estimate of drug-likeness (QED) is 0.783.